The number of nitrogens with zero attached hydrogens (tertiary/aromatic N) is 1. The first-order chi connectivity index (χ1) is 10.1. The van der Waals surface area contributed by atoms with Crippen LogP contribution in [0.5, 0.6) is 0 Å². The van der Waals surface area contributed by atoms with Gasteiger partial charge in [-0.1, -0.05) is 0 Å². The van der Waals surface area contributed by atoms with Crippen LogP contribution in [0.4, 0.5) is 0 Å². The predicted molar refractivity (Wildman–Crippen MR) is 81.9 cm³/mol. The van der Waals surface area contributed by atoms with E-state index in [0.29, 0.717) is 18.2 Å². The Morgan fingerprint density at radius 2 is 2.00 bits per heavy atom. The van der Waals surface area contributed by atoms with E-state index in [9.17, 15) is 4.79 Å². The Bertz CT molecular complexity index is 378. The van der Waals surface area contributed by atoms with Crippen LogP contribution in [0, 0.1) is 0 Å². The van der Waals surface area contributed by atoms with Crippen molar-refractivity contribution in [1.29, 1.82) is 0 Å². The molecule has 2 aliphatic carbocycles. The van der Waals surface area contributed by atoms with Crippen LogP contribution in [-0.2, 0) is 9.53 Å². The van der Waals surface area contributed by atoms with E-state index in [4.69, 9.17) is 10.5 Å². The second-order valence-corrected chi connectivity index (χ2v) is 6.95. The van der Waals surface area contributed by atoms with Crippen LogP contribution in [-0.4, -0.2) is 54.2 Å². The third kappa shape index (κ3) is 3.41. The maximum absolute atomic E-state index is 12.0. The van der Waals surface area contributed by atoms with Gasteiger partial charge in [-0.15, -0.1) is 0 Å². The fourth-order valence-corrected chi connectivity index (χ4v) is 4.02. The Hall–Kier alpha value is -0.650. The van der Waals surface area contributed by atoms with E-state index in [-0.39, 0.29) is 5.91 Å². The second kappa shape index (κ2) is 6.23. The Kier molecular flexibility index (Phi) is 4.52. The van der Waals surface area contributed by atoms with Crippen LogP contribution < -0.4 is 11.1 Å². The summed E-state index contributed by atoms with van der Waals surface area (Å²) in [6.07, 6.45) is 7.92. The molecule has 1 heterocycles. The van der Waals surface area contributed by atoms with Gasteiger partial charge in [0.25, 0.3) is 0 Å². The number of ether oxygens (including phenoxy) is 1. The van der Waals surface area contributed by atoms with Gasteiger partial charge in [0.2, 0.25) is 5.91 Å². The third-order valence-electron chi connectivity index (χ3n) is 5.41. The van der Waals surface area contributed by atoms with E-state index >= 15 is 0 Å². The van der Waals surface area contributed by atoms with Crippen LogP contribution in [0.2, 0.25) is 0 Å². The number of hydrogen-bond acceptors (Lipinski definition) is 4. The van der Waals surface area contributed by atoms with Gasteiger partial charge in [0, 0.05) is 31.8 Å². The third-order valence-corrected chi connectivity index (χ3v) is 5.41. The lowest BCUT2D eigenvalue weighted by Gasteiger charge is -2.36. The van der Waals surface area contributed by atoms with Gasteiger partial charge >= 0.3 is 0 Å². The summed E-state index contributed by atoms with van der Waals surface area (Å²) in [5.74, 6) is -0.152. The van der Waals surface area contributed by atoms with Gasteiger partial charge < -0.3 is 20.7 Å². The summed E-state index contributed by atoms with van der Waals surface area (Å²) in [6, 6.07) is 1.03. The minimum absolute atomic E-state index is 0.152. The van der Waals surface area contributed by atoms with Crippen molar-refractivity contribution in [2.75, 3.05) is 19.7 Å². The molecule has 3 aliphatic rings. The van der Waals surface area contributed by atoms with Crippen molar-refractivity contribution in [3.8, 4) is 0 Å². The normalized spacial score (nSPS) is 35.2. The summed E-state index contributed by atoms with van der Waals surface area (Å²) in [5, 5.41) is 3.54. The summed E-state index contributed by atoms with van der Waals surface area (Å²) in [7, 11) is 0. The van der Waals surface area contributed by atoms with Crippen molar-refractivity contribution >= 4 is 5.91 Å². The molecule has 3 N–H and O–H groups in total. The van der Waals surface area contributed by atoms with Crippen LogP contribution in [0.15, 0.2) is 0 Å². The lowest BCUT2D eigenvalue weighted by molar-refractivity contribution is -0.124. The Balaban J connectivity index is 1.55. The van der Waals surface area contributed by atoms with Gasteiger partial charge in [-0.3, -0.25) is 4.79 Å². The predicted octanol–water partition coefficient (Wildman–Crippen LogP) is 1.02. The van der Waals surface area contributed by atoms with Gasteiger partial charge in [-0.2, -0.15) is 0 Å². The summed E-state index contributed by atoms with van der Waals surface area (Å²) >= 11 is 0. The molecular weight excluding hydrogens is 266 g/mol. The van der Waals surface area contributed by atoms with Crippen molar-refractivity contribution in [1.82, 2.24) is 10.2 Å². The molecule has 5 nitrogen and oxygen atoms in total. The number of amides is 1. The van der Waals surface area contributed by atoms with E-state index in [2.05, 4.69) is 17.1 Å². The Labute approximate surface area is 127 Å². The van der Waals surface area contributed by atoms with Gasteiger partial charge in [0.05, 0.1) is 11.6 Å². The molecule has 1 aliphatic heterocycles. The van der Waals surface area contributed by atoms with Crippen molar-refractivity contribution in [3.05, 3.63) is 0 Å². The molecule has 0 aromatic rings. The maximum atomic E-state index is 12.0. The fourth-order valence-electron chi connectivity index (χ4n) is 4.02. The first kappa shape index (κ1) is 15.3. The first-order valence-corrected chi connectivity index (χ1v) is 8.56. The molecule has 0 radical (unpaired) electrons. The fraction of sp³-hybridized carbons (Fsp3) is 0.938. The van der Waals surface area contributed by atoms with E-state index in [1.807, 2.05) is 0 Å². The molecule has 1 amide bonds. The lowest BCUT2D eigenvalue weighted by atomic mass is 9.95. The number of carbonyl (C=O) groups excluding carboxylic acids is 1. The number of hydrogen-bond donors (Lipinski definition) is 2. The largest absolute Gasteiger partial charge is 0.378 e. The summed E-state index contributed by atoms with van der Waals surface area (Å²) in [6.45, 7) is 5.06. The molecule has 120 valence electrons. The van der Waals surface area contributed by atoms with E-state index in [1.54, 1.807) is 0 Å². The molecule has 3 rings (SSSR count). The van der Waals surface area contributed by atoms with Crippen LogP contribution >= 0.6 is 0 Å². The summed E-state index contributed by atoms with van der Waals surface area (Å²) < 4.78 is 5.72. The van der Waals surface area contributed by atoms with Crippen molar-refractivity contribution < 1.29 is 9.53 Å². The average molecular weight is 295 g/mol. The molecule has 3 fully saturated rings. The van der Waals surface area contributed by atoms with E-state index in [1.165, 1.54) is 12.8 Å². The Morgan fingerprint density at radius 3 is 2.57 bits per heavy atom. The number of likely N-dealkylation sites (tertiary alicyclic amines) is 1. The molecule has 0 bridgehead atoms. The maximum Gasteiger partial charge on any atom is 0.237 e. The van der Waals surface area contributed by atoms with E-state index in [0.717, 1.165) is 51.8 Å². The van der Waals surface area contributed by atoms with Gasteiger partial charge in [-0.05, 0) is 51.9 Å². The van der Waals surface area contributed by atoms with Gasteiger partial charge in [0.1, 0.15) is 0 Å². The first-order valence-electron chi connectivity index (χ1n) is 8.56. The van der Waals surface area contributed by atoms with Gasteiger partial charge in [-0.25, -0.2) is 0 Å². The second-order valence-electron chi connectivity index (χ2n) is 6.95. The minimum atomic E-state index is -0.442. The molecule has 2 atom stereocenters. The smallest absolute Gasteiger partial charge is 0.237 e. The van der Waals surface area contributed by atoms with Crippen LogP contribution in [0.25, 0.3) is 0 Å². The summed E-state index contributed by atoms with van der Waals surface area (Å²) in [5.41, 5.74) is 5.28. The Morgan fingerprint density at radius 1 is 1.29 bits per heavy atom. The molecule has 0 aromatic carbocycles. The average Bonchev–Trinajstić information content (AvgIpc) is 3.17. The molecule has 1 saturated heterocycles. The molecule has 21 heavy (non-hydrogen) atoms. The molecule has 0 aromatic heterocycles. The number of rotatable bonds is 6. The molecule has 2 saturated carbocycles. The number of nitrogens with two attached hydrogens (primary N) is 1. The van der Waals surface area contributed by atoms with Crippen molar-refractivity contribution in [2.24, 2.45) is 5.73 Å². The quantitative estimate of drug-likeness (QED) is 0.767. The molecular formula is C16H29N3O2. The topological polar surface area (TPSA) is 67.6 Å². The highest BCUT2D eigenvalue weighted by Crippen LogP contribution is 2.37. The highest BCUT2D eigenvalue weighted by molar-refractivity contribution is 5.85. The number of primary amides is 1. The van der Waals surface area contributed by atoms with Crippen molar-refractivity contribution in [2.45, 2.75) is 75.6 Å². The van der Waals surface area contributed by atoms with E-state index < -0.39 is 5.54 Å². The minimum Gasteiger partial charge on any atom is -0.378 e. The monoisotopic (exact) mass is 295 g/mol. The summed E-state index contributed by atoms with van der Waals surface area (Å²) in [4.78, 5) is 14.5. The number of nitrogens with one attached hydrogen (secondary N) is 1. The zero-order chi connectivity index (χ0) is 14.9. The highest BCUT2D eigenvalue weighted by atomic mass is 16.5. The SMILES string of the molecule is CCOC1CCN(C2CCC(NC3CC3)(C(N)=O)C2)CC1. The number of carbonyl (C=O) groups is 1. The zero-order valence-corrected chi connectivity index (χ0v) is 13.1. The van der Waals surface area contributed by atoms with Crippen molar-refractivity contribution in [3.63, 3.8) is 0 Å². The van der Waals surface area contributed by atoms with Crippen LogP contribution in [0.1, 0.15) is 51.9 Å². The number of piperidine rings is 1. The molecule has 5 heteroatoms. The highest BCUT2D eigenvalue weighted by Gasteiger charge is 2.48. The molecule has 2 unspecified atom stereocenters. The zero-order valence-electron chi connectivity index (χ0n) is 13.1. The standard InChI is InChI=1S/C16H29N3O2/c1-2-21-14-6-9-19(10-7-14)13-5-8-16(11-13,15(17)20)18-12-3-4-12/h12-14,18H,2-11H2,1H3,(H2,17,20). The van der Waals surface area contributed by atoms with Gasteiger partial charge in [0.15, 0.2) is 0 Å². The molecule has 0 spiro atoms. The lowest BCUT2D eigenvalue weighted by Crippen LogP contribution is -2.55. The van der Waals surface area contributed by atoms with Crippen LogP contribution in [0.3, 0.4) is 0 Å².